The van der Waals surface area contributed by atoms with Crippen molar-refractivity contribution in [2.75, 3.05) is 0 Å². The van der Waals surface area contributed by atoms with E-state index in [2.05, 4.69) is 37.0 Å². The molecule has 35 heavy (non-hydrogen) atoms. The van der Waals surface area contributed by atoms with E-state index in [-0.39, 0.29) is 17.6 Å². The molecule has 2 N–H and O–H groups in total. The van der Waals surface area contributed by atoms with Crippen LogP contribution >= 0.6 is 0 Å². The van der Waals surface area contributed by atoms with E-state index in [1.54, 1.807) is 22.8 Å². The third kappa shape index (κ3) is 3.74. The van der Waals surface area contributed by atoms with Crippen LogP contribution in [0.5, 0.6) is 0 Å². The number of nitrogens with zero attached hydrogens (tertiary/aromatic N) is 3. The first-order valence-corrected chi connectivity index (χ1v) is 12.3. The summed E-state index contributed by atoms with van der Waals surface area (Å²) in [6, 6.07) is 10.2. The highest BCUT2D eigenvalue weighted by molar-refractivity contribution is 5.88. The molecule has 2 aromatic heterocycles. The van der Waals surface area contributed by atoms with Crippen LogP contribution < -0.4 is 5.69 Å². The van der Waals surface area contributed by atoms with Gasteiger partial charge in [0.25, 0.3) is 0 Å². The Labute approximate surface area is 203 Å². The summed E-state index contributed by atoms with van der Waals surface area (Å²) < 4.78 is 3.13. The quantitative estimate of drug-likeness (QED) is 0.397. The average molecular weight is 471 g/mol. The molecule has 7 heteroatoms. The lowest BCUT2D eigenvalue weighted by Crippen LogP contribution is -2.37. The summed E-state index contributed by atoms with van der Waals surface area (Å²) in [5, 5.41) is 20.9. The van der Waals surface area contributed by atoms with E-state index < -0.39 is 12.0 Å². The molecular formula is C28H30N4O3. The molecule has 0 radical (unpaired) electrons. The van der Waals surface area contributed by atoms with Gasteiger partial charge in [-0.2, -0.15) is 5.26 Å². The number of imidazole rings is 1. The number of nitriles is 1. The Balaban J connectivity index is 1.76. The number of fused-ring (bicyclic) bond motifs is 2. The summed E-state index contributed by atoms with van der Waals surface area (Å²) >= 11 is 0. The van der Waals surface area contributed by atoms with Gasteiger partial charge in [0.1, 0.15) is 6.04 Å². The van der Waals surface area contributed by atoms with Crippen LogP contribution in [0.4, 0.5) is 0 Å². The number of aromatic amines is 1. The van der Waals surface area contributed by atoms with Crippen molar-refractivity contribution in [2.45, 2.75) is 65.0 Å². The van der Waals surface area contributed by atoms with Gasteiger partial charge in [-0.25, -0.2) is 9.59 Å². The first-order valence-electron chi connectivity index (χ1n) is 12.3. The lowest BCUT2D eigenvalue weighted by molar-refractivity contribution is -0.143. The number of hydrogen-bond acceptors (Lipinski definition) is 3. The van der Waals surface area contributed by atoms with Crippen LogP contribution in [0.15, 0.2) is 41.3 Å². The number of rotatable bonds is 5. The fourth-order valence-electron chi connectivity index (χ4n) is 6.09. The maximum absolute atomic E-state index is 14.1. The molecule has 180 valence electrons. The van der Waals surface area contributed by atoms with Gasteiger partial charge in [0.2, 0.25) is 0 Å². The number of carboxylic acids is 1. The van der Waals surface area contributed by atoms with Gasteiger partial charge in [0.15, 0.2) is 0 Å². The minimum Gasteiger partial charge on any atom is -0.480 e. The van der Waals surface area contributed by atoms with Gasteiger partial charge in [0.05, 0.1) is 28.7 Å². The Morgan fingerprint density at radius 3 is 2.54 bits per heavy atom. The summed E-state index contributed by atoms with van der Waals surface area (Å²) in [6.07, 6.45) is 6.53. The number of carbonyl (C=O) groups is 1. The van der Waals surface area contributed by atoms with Crippen molar-refractivity contribution >= 4 is 27.9 Å². The molecular weight excluding hydrogens is 440 g/mol. The molecule has 2 atom stereocenters. The molecule has 0 amide bonds. The number of aryl methyl sites for hydroxylation is 2. The summed E-state index contributed by atoms with van der Waals surface area (Å²) in [4.78, 5) is 30.0. The topological polar surface area (TPSA) is 104 Å². The number of nitrogens with one attached hydrogen (secondary N) is 1. The molecule has 0 saturated heterocycles. The second-order valence-electron chi connectivity index (χ2n) is 9.94. The van der Waals surface area contributed by atoms with E-state index in [4.69, 9.17) is 0 Å². The third-order valence-electron chi connectivity index (χ3n) is 7.65. The minimum atomic E-state index is -0.994. The highest BCUT2D eigenvalue weighted by atomic mass is 16.4. The van der Waals surface area contributed by atoms with E-state index in [1.807, 2.05) is 13.1 Å². The van der Waals surface area contributed by atoms with Crippen LogP contribution in [0.2, 0.25) is 0 Å². The largest absolute Gasteiger partial charge is 0.480 e. The van der Waals surface area contributed by atoms with E-state index in [0.717, 1.165) is 59.7 Å². The van der Waals surface area contributed by atoms with Crippen molar-refractivity contribution in [1.82, 2.24) is 14.1 Å². The van der Waals surface area contributed by atoms with Crippen molar-refractivity contribution in [3.05, 3.63) is 69.3 Å². The Kier molecular flexibility index (Phi) is 5.76. The van der Waals surface area contributed by atoms with Crippen molar-refractivity contribution in [3.63, 3.8) is 0 Å². The van der Waals surface area contributed by atoms with Crippen LogP contribution in [-0.4, -0.2) is 25.2 Å². The molecule has 2 heterocycles. The highest BCUT2D eigenvalue weighted by Gasteiger charge is 2.35. The lowest BCUT2D eigenvalue weighted by atomic mass is 9.83. The summed E-state index contributed by atoms with van der Waals surface area (Å²) in [5.41, 5.74) is 5.48. The van der Waals surface area contributed by atoms with E-state index in [9.17, 15) is 20.0 Å². The molecule has 1 fully saturated rings. The lowest BCUT2D eigenvalue weighted by Gasteiger charge is -2.28. The van der Waals surface area contributed by atoms with Gasteiger partial charge in [-0.3, -0.25) is 9.13 Å². The Morgan fingerprint density at radius 1 is 1.11 bits per heavy atom. The van der Waals surface area contributed by atoms with Crippen LogP contribution in [0.3, 0.4) is 0 Å². The van der Waals surface area contributed by atoms with Crippen molar-refractivity contribution in [2.24, 2.45) is 5.92 Å². The Morgan fingerprint density at radius 2 is 1.86 bits per heavy atom. The van der Waals surface area contributed by atoms with E-state index in [0.29, 0.717) is 16.6 Å². The molecule has 1 saturated carbocycles. The maximum Gasteiger partial charge on any atom is 0.330 e. The fourth-order valence-corrected chi connectivity index (χ4v) is 6.09. The molecule has 2 aromatic carbocycles. The second-order valence-corrected chi connectivity index (χ2v) is 9.94. The number of aliphatic carboxylic acids is 1. The molecule has 0 bridgehead atoms. The first-order chi connectivity index (χ1) is 16.8. The first kappa shape index (κ1) is 23.0. The SMILES string of the molecule is Cc1cc(C)c2c(C(C)n3c(=O)n([C@H](C(=O)O)C4CCCCC4)c4cc(C#N)ccc43)c[nH]c2c1. The third-order valence-corrected chi connectivity index (χ3v) is 7.65. The standard InChI is InChI=1S/C28H30N4O3/c1-16-11-17(2)25-21(15-30-22(25)12-16)18(3)31-23-10-9-19(14-29)13-24(23)32(28(31)35)26(27(33)34)20-7-5-4-6-8-20/h9-13,15,18,20,26,30H,4-8H2,1-3H3,(H,33,34)/t18?,26-/m0/s1. The monoisotopic (exact) mass is 470 g/mol. The van der Waals surface area contributed by atoms with Crippen LogP contribution in [0, 0.1) is 31.1 Å². The number of aromatic nitrogens is 3. The Hall–Kier alpha value is -3.79. The predicted octanol–water partition coefficient (Wildman–Crippen LogP) is 5.59. The summed E-state index contributed by atoms with van der Waals surface area (Å²) in [5.74, 6) is -1.11. The van der Waals surface area contributed by atoms with Crippen molar-refractivity contribution in [1.29, 1.82) is 5.26 Å². The normalized spacial score (nSPS) is 16.4. The fraction of sp³-hybridized carbons (Fsp3) is 0.393. The minimum absolute atomic E-state index is 0.114. The molecule has 0 spiro atoms. The smallest absolute Gasteiger partial charge is 0.330 e. The number of H-pyrrole nitrogens is 1. The molecule has 5 rings (SSSR count). The molecule has 7 nitrogen and oxygen atoms in total. The van der Waals surface area contributed by atoms with Crippen LogP contribution in [0.1, 0.15) is 73.4 Å². The van der Waals surface area contributed by atoms with Crippen LogP contribution in [-0.2, 0) is 4.79 Å². The van der Waals surface area contributed by atoms with Gasteiger partial charge in [-0.15, -0.1) is 0 Å². The van der Waals surface area contributed by atoms with Crippen LogP contribution in [0.25, 0.3) is 21.9 Å². The Bertz CT molecular complexity index is 1540. The zero-order valence-electron chi connectivity index (χ0n) is 20.3. The maximum atomic E-state index is 14.1. The van der Waals surface area contributed by atoms with E-state index in [1.165, 1.54) is 4.57 Å². The van der Waals surface area contributed by atoms with Crippen molar-refractivity contribution < 1.29 is 9.90 Å². The number of benzene rings is 2. The van der Waals surface area contributed by atoms with Gasteiger partial charge in [-0.1, -0.05) is 25.3 Å². The van der Waals surface area contributed by atoms with Gasteiger partial charge in [-0.05, 0) is 74.9 Å². The van der Waals surface area contributed by atoms with Gasteiger partial charge >= 0.3 is 11.7 Å². The molecule has 1 aliphatic carbocycles. The average Bonchev–Trinajstić information content (AvgIpc) is 3.38. The van der Waals surface area contributed by atoms with Gasteiger partial charge < -0.3 is 10.1 Å². The predicted molar refractivity (Wildman–Crippen MR) is 136 cm³/mol. The van der Waals surface area contributed by atoms with E-state index >= 15 is 0 Å². The number of carboxylic acid groups (broad SMARTS) is 1. The number of hydrogen-bond donors (Lipinski definition) is 2. The molecule has 4 aromatic rings. The van der Waals surface area contributed by atoms with Gasteiger partial charge in [0, 0.05) is 22.7 Å². The zero-order valence-corrected chi connectivity index (χ0v) is 20.3. The highest BCUT2D eigenvalue weighted by Crippen LogP contribution is 2.36. The summed E-state index contributed by atoms with van der Waals surface area (Å²) in [6.45, 7) is 6.09. The summed E-state index contributed by atoms with van der Waals surface area (Å²) in [7, 11) is 0. The zero-order chi connectivity index (χ0) is 24.9. The van der Waals surface area contributed by atoms with Crippen molar-refractivity contribution in [3.8, 4) is 6.07 Å². The molecule has 1 aliphatic rings. The molecule has 1 unspecified atom stereocenters. The molecule has 0 aliphatic heterocycles. The second kappa shape index (κ2) is 8.77.